The number of unbranched alkanes of at least 4 members (excludes halogenated alkanes) is 7. The highest BCUT2D eigenvalue weighted by Gasteiger charge is 2.35. The highest BCUT2D eigenvalue weighted by atomic mass is 14.9. The van der Waals surface area contributed by atoms with E-state index in [9.17, 15) is 0 Å². The Labute approximate surface area is 189 Å². The topological polar surface area (TPSA) is 48.1 Å². The number of hydrogen-bond donors (Lipinski definition) is 4. The summed E-state index contributed by atoms with van der Waals surface area (Å²) in [6.07, 6.45) is 16.5. The standard InChI is InChI=1S/C26H56N4/c1-4-6-7-8-9-10-15-24(3)21-28-17-13-14-19-30-23-26-20-25(26)22-29-18-12-11-16-27-5-2/h24-30H,4-23H2,1-3H3/t24?,25-,26+/m1/s1. The first kappa shape index (κ1) is 27.9. The van der Waals surface area contributed by atoms with Crippen LogP contribution in [-0.4, -0.2) is 52.4 Å². The smallest absolute Gasteiger partial charge is 0.00173 e. The Bertz CT molecular complexity index is 350. The first-order valence-electron chi connectivity index (χ1n) is 13.6. The molecule has 1 aliphatic carbocycles. The Kier molecular flexibility index (Phi) is 19.3. The van der Waals surface area contributed by atoms with Crippen molar-refractivity contribution in [3.8, 4) is 0 Å². The van der Waals surface area contributed by atoms with Crippen LogP contribution in [-0.2, 0) is 0 Å². The Hall–Kier alpha value is -0.160. The average Bonchev–Trinajstić information content (AvgIpc) is 3.50. The van der Waals surface area contributed by atoms with Crippen LogP contribution in [0.25, 0.3) is 0 Å². The highest BCUT2D eigenvalue weighted by Crippen LogP contribution is 2.37. The van der Waals surface area contributed by atoms with Crippen LogP contribution in [0.3, 0.4) is 0 Å². The van der Waals surface area contributed by atoms with E-state index < -0.39 is 0 Å². The molecule has 1 fully saturated rings. The lowest BCUT2D eigenvalue weighted by atomic mass is 10.0. The second-order valence-electron chi connectivity index (χ2n) is 9.80. The molecule has 180 valence electrons. The highest BCUT2D eigenvalue weighted by molar-refractivity contribution is 4.89. The zero-order valence-corrected chi connectivity index (χ0v) is 20.9. The van der Waals surface area contributed by atoms with Crippen molar-refractivity contribution in [2.75, 3.05) is 52.4 Å². The number of hydrogen-bond acceptors (Lipinski definition) is 4. The average molecular weight is 425 g/mol. The fourth-order valence-electron chi connectivity index (χ4n) is 4.29. The summed E-state index contributed by atoms with van der Waals surface area (Å²) in [6, 6.07) is 0. The van der Waals surface area contributed by atoms with Gasteiger partial charge < -0.3 is 21.3 Å². The van der Waals surface area contributed by atoms with Gasteiger partial charge in [0.15, 0.2) is 0 Å². The predicted molar refractivity (Wildman–Crippen MR) is 134 cm³/mol. The van der Waals surface area contributed by atoms with Crippen molar-refractivity contribution in [2.24, 2.45) is 17.8 Å². The Morgan fingerprint density at radius 3 is 1.77 bits per heavy atom. The molecule has 0 aromatic heterocycles. The zero-order chi connectivity index (χ0) is 21.7. The lowest BCUT2D eigenvalue weighted by Gasteiger charge is -2.12. The van der Waals surface area contributed by atoms with Gasteiger partial charge in [-0.05, 0) is 109 Å². The van der Waals surface area contributed by atoms with E-state index in [2.05, 4.69) is 42.0 Å². The van der Waals surface area contributed by atoms with Crippen LogP contribution in [0.1, 0.15) is 97.8 Å². The maximum absolute atomic E-state index is 3.69. The van der Waals surface area contributed by atoms with E-state index in [4.69, 9.17) is 0 Å². The lowest BCUT2D eigenvalue weighted by molar-refractivity contribution is 0.445. The molecule has 0 saturated heterocycles. The summed E-state index contributed by atoms with van der Waals surface area (Å²) in [6.45, 7) is 16.4. The van der Waals surface area contributed by atoms with Crippen LogP contribution < -0.4 is 21.3 Å². The molecular weight excluding hydrogens is 368 g/mol. The van der Waals surface area contributed by atoms with Crippen molar-refractivity contribution in [2.45, 2.75) is 97.8 Å². The van der Waals surface area contributed by atoms with E-state index in [1.807, 2.05) is 0 Å². The van der Waals surface area contributed by atoms with Crippen molar-refractivity contribution >= 4 is 0 Å². The molecule has 4 nitrogen and oxygen atoms in total. The molecule has 0 amide bonds. The van der Waals surface area contributed by atoms with E-state index in [1.165, 1.54) is 123 Å². The minimum atomic E-state index is 0.836. The van der Waals surface area contributed by atoms with Crippen molar-refractivity contribution in [3.05, 3.63) is 0 Å². The minimum absolute atomic E-state index is 0.836. The molecule has 0 bridgehead atoms. The fourth-order valence-corrected chi connectivity index (χ4v) is 4.29. The van der Waals surface area contributed by atoms with Gasteiger partial charge in [-0.15, -0.1) is 0 Å². The van der Waals surface area contributed by atoms with Crippen LogP contribution in [0.2, 0.25) is 0 Å². The van der Waals surface area contributed by atoms with Gasteiger partial charge in [0.25, 0.3) is 0 Å². The van der Waals surface area contributed by atoms with Gasteiger partial charge in [0.2, 0.25) is 0 Å². The third kappa shape index (κ3) is 17.5. The summed E-state index contributed by atoms with van der Waals surface area (Å²) in [5, 5.41) is 14.4. The molecule has 4 heteroatoms. The van der Waals surface area contributed by atoms with Gasteiger partial charge in [-0.2, -0.15) is 0 Å². The van der Waals surface area contributed by atoms with E-state index in [0.717, 1.165) is 24.3 Å². The summed E-state index contributed by atoms with van der Waals surface area (Å²) in [4.78, 5) is 0. The molecule has 0 spiro atoms. The summed E-state index contributed by atoms with van der Waals surface area (Å²) in [5.41, 5.74) is 0. The van der Waals surface area contributed by atoms with Crippen molar-refractivity contribution < 1.29 is 0 Å². The van der Waals surface area contributed by atoms with Crippen molar-refractivity contribution in [1.82, 2.24) is 21.3 Å². The Morgan fingerprint density at radius 2 is 1.17 bits per heavy atom. The molecule has 3 atom stereocenters. The lowest BCUT2D eigenvalue weighted by Crippen LogP contribution is -2.25. The summed E-state index contributed by atoms with van der Waals surface area (Å²) < 4.78 is 0. The molecule has 1 unspecified atom stereocenters. The van der Waals surface area contributed by atoms with Crippen LogP contribution in [0.4, 0.5) is 0 Å². The van der Waals surface area contributed by atoms with Gasteiger partial charge in [0, 0.05) is 0 Å². The Morgan fingerprint density at radius 1 is 0.633 bits per heavy atom. The van der Waals surface area contributed by atoms with E-state index in [-0.39, 0.29) is 0 Å². The molecule has 1 saturated carbocycles. The third-order valence-electron chi connectivity index (χ3n) is 6.59. The number of rotatable bonds is 24. The molecule has 0 radical (unpaired) electrons. The summed E-state index contributed by atoms with van der Waals surface area (Å²) in [7, 11) is 0. The second kappa shape index (κ2) is 20.7. The largest absolute Gasteiger partial charge is 0.317 e. The van der Waals surface area contributed by atoms with E-state index in [1.54, 1.807) is 0 Å². The van der Waals surface area contributed by atoms with Crippen LogP contribution in [0, 0.1) is 17.8 Å². The van der Waals surface area contributed by atoms with Gasteiger partial charge in [-0.25, -0.2) is 0 Å². The molecule has 0 aromatic carbocycles. The molecule has 30 heavy (non-hydrogen) atoms. The first-order valence-corrected chi connectivity index (χ1v) is 13.6. The maximum atomic E-state index is 3.69. The van der Waals surface area contributed by atoms with Gasteiger partial charge in [0.05, 0.1) is 0 Å². The van der Waals surface area contributed by atoms with Crippen LogP contribution in [0.15, 0.2) is 0 Å². The maximum Gasteiger partial charge on any atom is -0.00173 e. The SMILES string of the molecule is CCCCCCCCC(C)CNCCCCNC[C@@H]1C[C@@H]1CNCCCCNCC. The van der Waals surface area contributed by atoms with Crippen molar-refractivity contribution in [1.29, 1.82) is 0 Å². The quantitative estimate of drug-likeness (QED) is 0.166. The van der Waals surface area contributed by atoms with Crippen LogP contribution in [0.5, 0.6) is 0 Å². The predicted octanol–water partition coefficient (Wildman–Crippen LogP) is 4.95. The minimum Gasteiger partial charge on any atom is -0.317 e. The molecule has 1 rings (SSSR count). The van der Waals surface area contributed by atoms with Crippen LogP contribution >= 0.6 is 0 Å². The number of nitrogens with one attached hydrogen (secondary N) is 4. The molecule has 1 aliphatic rings. The Balaban J connectivity index is 1.74. The normalized spacial score (nSPS) is 19.3. The monoisotopic (exact) mass is 424 g/mol. The third-order valence-corrected chi connectivity index (χ3v) is 6.59. The van der Waals surface area contributed by atoms with E-state index >= 15 is 0 Å². The fraction of sp³-hybridized carbons (Fsp3) is 1.00. The van der Waals surface area contributed by atoms with Gasteiger partial charge in [0.1, 0.15) is 0 Å². The van der Waals surface area contributed by atoms with Crippen molar-refractivity contribution in [3.63, 3.8) is 0 Å². The van der Waals surface area contributed by atoms with Gasteiger partial charge >= 0.3 is 0 Å². The zero-order valence-electron chi connectivity index (χ0n) is 20.9. The molecule has 0 aromatic rings. The summed E-state index contributed by atoms with van der Waals surface area (Å²) >= 11 is 0. The van der Waals surface area contributed by atoms with Gasteiger partial charge in [-0.3, -0.25) is 0 Å². The van der Waals surface area contributed by atoms with E-state index in [0.29, 0.717) is 0 Å². The molecular formula is C26H56N4. The second-order valence-corrected chi connectivity index (χ2v) is 9.80. The molecule has 0 heterocycles. The molecule has 4 N–H and O–H groups in total. The first-order chi connectivity index (χ1) is 14.8. The summed E-state index contributed by atoms with van der Waals surface area (Å²) in [5.74, 6) is 2.70. The van der Waals surface area contributed by atoms with Gasteiger partial charge in [-0.1, -0.05) is 59.3 Å². The molecule has 0 aliphatic heterocycles.